The molecule has 7 heteroatoms. The van der Waals surface area contributed by atoms with Crippen LogP contribution in [0, 0.1) is 0 Å². The van der Waals surface area contributed by atoms with Crippen LogP contribution in [-0.2, 0) is 20.0 Å². The van der Waals surface area contributed by atoms with E-state index >= 15 is 0 Å². The van der Waals surface area contributed by atoms with Crippen LogP contribution in [0.5, 0.6) is 5.75 Å². The molecule has 3 aromatic rings. The van der Waals surface area contributed by atoms with Gasteiger partial charge in [-0.3, -0.25) is 9.67 Å². The van der Waals surface area contributed by atoms with Gasteiger partial charge in [0.1, 0.15) is 5.75 Å². The van der Waals surface area contributed by atoms with Crippen LogP contribution in [0.4, 0.5) is 4.79 Å². The number of urea groups is 1. The van der Waals surface area contributed by atoms with E-state index in [0.717, 1.165) is 34.7 Å². The van der Waals surface area contributed by atoms with Crippen molar-refractivity contribution in [2.75, 3.05) is 13.7 Å². The van der Waals surface area contributed by atoms with Gasteiger partial charge in [0, 0.05) is 31.5 Å². The van der Waals surface area contributed by atoms with E-state index in [9.17, 15) is 4.79 Å². The van der Waals surface area contributed by atoms with Crippen LogP contribution >= 0.6 is 0 Å². The minimum absolute atomic E-state index is 0.199. The molecule has 2 aromatic heterocycles. The molecule has 0 saturated heterocycles. The minimum atomic E-state index is -0.199. The van der Waals surface area contributed by atoms with Gasteiger partial charge in [0.2, 0.25) is 0 Å². The van der Waals surface area contributed by atoms with Gasteiger partial charge in [0.15, 0.2) is 0 Å². The fraction of sp³-hybridized carbons (Fsp3) is 0.250. The van der Waals surface area contributed by atoms with Crippen LogP contribution < -0.4 is 15.4 Å². The molecule has 0 radical (unpaired) electrons. The summed E-state index contributed by atoms with van der Waals surface area (Å²) in [4.78, 5) is 16.0. The number of hydrogen-bond donors (Lipinski definition) is 2. The summed E-state index contributed by atoms with van der Waals surface area (Å²) in [6, 6.07) is 13.4. The highest BCUT2D eigenvalue weighted by Crippen LogP contribution is 2.17. The van der Waals surface area contributed by atoms with Crippen LogP contribution in [0.1, 0.15) is 11.3 Å². The van der Waals surface area contributed by atoms with Crippen molar-refractivity contribution in [3.05, 3.63) is 66.1 Å². The standard InChI is InChI=1S/C20H23N5O2/c1-25-17(13-19(24-25)16-8-10-21-11-9-16)14-23-20(26)22-12-7-15-3-5-18(27-2)6-4-15/h3-6,8-11,13H,7,12,14H2,1-2H3,(H2,22,23,26). The fourth-order valence-corrected chi connectivity index (χ4v) is 2.68. The zero-order valence-electron chi connectivity index (χ0n) is 15.5. The molecular weight excluding hydrogens is 342 g/mol. The normalized spacial score (nSPS) is 10.4. The van der Waals surface area contributed by atoms with Crippen molar-refractivity contribution in [3.63, 3.8) is 0 Å². The second-order valence-electron chi connectivity index (χ2n) is 6.09. The van der Waals surface area contributed by atoms with Gasteiger partial charge in [-0.25, -0.2) is 4.79 Å². The molecule has 2 N–H and O–H groups in total. The molecule has 2 amide bonds. The number of rotatable bonds is 7. The molecule has 0 spiro atoms. The molecule has 0 aliphatic heterocycles. The van der Waals surface area contributed by atoms with Gasteiger partial charge in [-0.1, -0.05) is 12.1 Å². The van der Waals surface area contributed by atoms with Gasteiger partial charge in [-0.15, -0.1) is 0 Å². The highest BCUT2D eigenvalue weighted by Gasteiger charge is 2.08. The zero-order valence-corrected chi connectivity index (χ0v) is 15.5. The molecule has 0 aliphatic rings. The van der Waals surface area contributed by atoms with Gasteiger partial charge >= 0.3 is 6.03 Å². The molecule has 0 aliphatic carbocycles. The summed E-state index contributed by atoms with van der Waals surface area (Å²) in [7, 11) is 3.51. The van der Waals surface area contributed by atoms with Crippen molar-refractivity contribution in [1.82, 2.24) is 25.4 Å². The molecule has 0 unspecified atom stereocenters. The Hall–Kier alpha value is -3.35. The van der Waals surface area contributed by atoms with E-state index in [0.29, 0.717) is 13.1 Å². The highest BCUT2D eigenvalue weighted by molar-refractivity contribution is 5.73. The third kappa shape index (κ3) is 5.07. The van der Waals surface area contributed by atoms with Crippen molar-refractivity contribution in [3.8, 4) is 17.0 Å². The van der Waals surface area contributed by atoms with Crippen molar-refractivity contribution < 1.29 is 9.53 Å². The Labute approximate surface area is 158 Å². The quantitative estimate of drug-likeness (QED) is 0.674. The third-order valence-electron chi connectivity index (χ3n) is 4.24. The molecule has 0 fully saturated rings. The Balaban J connectivity index is 1.45. The van der Waals surface area contributed by atoms with E-state index in [1.807, 2.05) is 49.5 Å². The Morgan fingerprint density at radius 3 is 2.56 bits per heavy atom. The molecule has 7 nitrogen and oxygen atoms in total. The number of carbonyl (C=O) groups is 1. The number of pyridine rings is 1. The van der Waals surface area contributed by atoms with Crippen molar-refractivity contribution in [2.24, 2.45) is 7.05 Å². The first kappa shape index (κ1) is 18.4. The maximum absolute atomic E-state index is 12.0. The number of carbonyl (C=O) groups excluding carboxylic acids is 1. The van der Waals surface area contributed by atoms with Gasteiger partial charge in [-0.2, -0.15) is 5.10 Å². The Kier molecular flexibility index (Phi) is 6.04. The number of nitrogens with zero attached hydrogens (tertiary/aromatic N) is 3. The lowest BCUT2D eigenvalue weighted by atomic mass is 10.1. The third-order valence-corrected chi connectivity index (χ3v) is 4.24. The Morgan fingerprint density at radius 2 is 1.85 bits per heavy atom. The topological polar surface area (TPSA) is 81.1 Å². The molecule has 1 aromatic carbocycles. The Morgan fingerprint density at radius 1 is 1.11 bits per heavy atom. The SMILES string of the molecule is COc1ccc(CCNC(=O)NCc2cc(-c3ccncc3)nn2C)cc1. The average molecular weight is 365 g/mol. The fourth-order valence-electron chi connectivity index (χ4n) is 2.68. The van der Waals surface area contributed by atoms with E-state index in [4.69, 9.17) is 4.74 Å². The molecule has 3 rings (SSSR count). The number of hydrogen-bond acceptors (Lipinski definition) is 4. The molecular formula is C20H23N5O2. The molecule has 2 heterocycles. The summed E-state index contributed by atoms with van der Waals surface area (Å²) < 4.78 is 6.91. The average Bonchev–Trinajstić information content (AvgIpc) is 3.08. The summed E-state index contributed by atoms with van der Waals surface area (Å²) in [6.07, 6.45) is 4.23. The van der Waals surface area contributed by atoms with E-state index in [1.54, 1.807) is 24.2 Å². The summed E-state index contributed by atoms with van der Waals surface area (Å²) in [5, 5.41) is 10.2. The van der Waals surface area contributed by atoms with Crippen LogP contribution in [-0.4, -0.2) is 34.5 Å². The number of ether oxygens (including phenoxy) is 1. The lowest BCUT2D eigenvalue weighted by molar-refractivity contribution is 0.240. The van der Waals surface area contributed by atoms with Crippen LogP contribution in [0.2, 0.25) is 0 Å². The van der Waals surface area contributed by atoms with E-state index in [-0.39, 0.29) is 6.03 Å². The van der Waals surface area contributed by atoms with Gasteiger partial charge in [0.25, 0.3) is 0 Å². The lowest BCUT2D eigenvalue weighted by Crippen LogP contribution is -2.36. The summed E-state index contributed by atoms with van der Waals surface area (Å²) in [5.74, 6) is 0.826. The number of nitrogens with one attached hydrogen (secondary N) is 2. The predicted molar refractivity (Wildman–Crippen MR) is 103 cm³/mol. The molecule has 0 atom stereocenters. The second-order valence-corrected chi connectivity index (χ2v) is 6.09. The smallest absolute Gasteiger partial charge is 0.315 e. The largest absolute Gasteiger partial charge is 0.497 e. The number of benzene rings is 1. The van der Waals surface area contributed by atoms with Crippen molar-refractivity contribution >= 4 is 6.03 Å². The first-order valence-corrected chi connectivity index (χ1v) is 8.73. The summed E-state index contributed by atoms with van der Waals surface area (Å²) in [5.41, 5.74) is 3.92. The molecule has 0 bridgehead atoms. The lowest BCUT2D eigenvalue weighted by Gasteiger charge is -2.08. The molecule has 27 heavy (non-hydrogen) atoms. The van der Waals surface area contributed by atoms with Crippen LogP contribution in [0.15, 0.2) is 54.9 Å². The maximum Gasteiger partial charge on any atom is 0.315 e. The zero-order chi connectivity index (χ0) is 19.1. The van der Waals surface area contributed by atoms with Gasteiger partial charge < -0.3 is 15.4 Å². The van der Waals surface area contributed by atoms with E-state index in [1.165, 1.54) is 0 Å². The Bertz CT molecular complexity index is 875. The maximum atomic E-state index is 12.0. The summed E-state index contributed by atoms with van der Waals surface area (Å²) >= 11 is 0. The second kappa shape index (κ2) is 8.84. The van der Waals surface area contributed by atoms with E-state index in [2.05, 4.69) is 20.7 Å². The number of aromatic nitrogens is 3. The van der Waals surface area contributed by atoms with E-state index < -0.39 is 0 Å². The predicted octanol–water partition coefficient (Wildman–Crippen LogP) is 2.53. The first-order chi connectivity index (χ1) is 13.2. The number of amides is 2. The number of methoxy groups -OCH3 is 1. The summed E-state index contributed by atoms with van der Waals surface area (Å²) in [6.45, 7) is 0.967. The van der Waals surface area contributed by atoms with Crippen molar-refractivity contribution in [1.29, 1.82) is 0 Å². The van der Waals surface area contributed by atoms with Crippen molar-refractivity contribution in [2.45, 2.75) is 13.0 Å². The highest BCUT2D eigenvalue weighted by atomic mass is 16.5. The van der Waals surface area contributed by atoms with Crippen LogP contribution in [0.3, 0.4) is 0 Å². The van der Waals surface area contributed by atoms with Gasteiger partial charge in [0.05, 0.1) is 25.0 Å². The molecule has 0 saturated carbocycles. The number of aryl methyl sites for hydroxylation is 1. The first-order valence-electron chi connectivity index (χ1n) is 8.73. The minimum Gasteiger partial charge on any atom is -0.497 e. The molecule has 140 valence electrons. The van der Waals surface area contributed by atoms with Crippen LogP contribution in [0.25, 0.3) is 11.3 Å². The van der Waals surface area contributed by atoms with Gasteiger partial charge in [-0.05, 0) is 42.3 Å². The monoisotopic (exact) mass is 365 g/mol.